The summed E-state index contributed by atoms with van der Waals surface area (Å²) >= 11 is 0. The van der Waals surface area contributed by atoms with E-state index in [9.17, 15) is 18.0 Å². The van der Waals surface area contributed by atoms with Gasteiger partial charge in [0.2, 0.25) is 0 Å². The molecule has 0 bridgehead atoms. The molecule has 0 spiro atoms. The third-order valence-electron chi connectivity index (χ3n) is 2.28. The van der Waals surface area contributed by atoms with Crippen molar-refractivity contribution in [2.45, 2.75) is 25.7 Å². The Bertz CT molecular complexity index is 381. The van der Waals surface area contributed by atoms with Crippen molar-refractivity contribution in [3.63, 3.8) is 0 Å². The Morgan fingerprint density at radius 2 is 1.81 bits per heavy atom. The van der Waals surface area contributed by atoms with Crippen LogP contribution in [-0.4, -0.2) is 11.1 Å². The molecule has 0 aromatic heterocycles. The molecular formula is C11H11F3O2. The zero-order valence-electron chi connectivity index (χ0n) is 8.64. The quantitative estimate of drug-likeness (QED) is 0.810. The molecule has 0 saturated heterocycles. The van der Waals surface area contributed by atoms with E-state index in [4.69, 9.17) is 5.11 Å². The van der Waals surface area contributed by atoms with Gasteiger partial charge in [-0.2, -0.15) is 0 Å². The summed E-state index contributed by atoms with van der Waals surface area (Å²) in [6.07, 6.45) is 0.803. The lowest BCUT2D eigenvalue weighted by atomic mass is 9.94. The molecule has 1 N–H and O–H groups in total. The fourth-order valence-electron chi connectivity index (χ4n) is 1.50. The van der Waals surface area contributed by atoms with Crippen LogP contribution < -0.4 is 0 Å². The molecule has 1 atom stereocenters. The lowest BCUT2D eigenvalue weighted by molar-refractivity contribution is -0.139. The van der Waals surface area contributed by atoms with E-state index in [-0.39, 0.29) is 12.0 Å². The molecule has 0 saturated carbocycles. The van der Waals surface area contributed by atoms with Crippen LogP contribution in [0.15, 0.2) is 12.1 Å². The van der Waals surface area contributed by atoms with Crippen LogP contribution in [-0.2, 0) is 4.79 Å². The summed E-state index contributed by atoms with van der Waals surface area (Å²) < 4.78 is 38.5. The Kier molecular flexibility index (Phi) is 3.93. The molecular weight excluding hydrogens is 221 g/mol. The summed E-state index contributed by atoms with van der Waals surface area (Å²) in [4.78, 5) is 10.9. The third kappa shape index (κ3) is 2.53. The highest BCUT2D eigenvalue weighted by molar-refractivity contribution is 5.76. The van der Waals surface area contributed by atoms with Gasteiger partial charge >= 0.3 is 5.97 Å². The maximum atomic E-state index is 12.9. The van der Waals surface area contributed by atoms with Crippen molar-refractivity contribution < 1.29 is 23.1 Å². The van der Waals surface area contributed by atoms with Crippen LogP contribution in [0.1, 0.15) is 31.2 Å². The van der Waals surface area contributed by atoms with Crippen LogP contribution in [0.4, 0.5) is 13.2 Å². The van der Waals surface area contributed by atoms with E-state index in [1.165, 1.54) is 0 Å². The number of hydrogen-bond acceptors (Lipinski definition) is 1. The molecule has 16 heavy (non-hydrogen) atoms. The molecule has 0 fully saturated rings. The Morgan fingerprint density at radius 3 is 2.19 bits per heavy atom. The normalized spacial score (nSPS) is 12.5. The lowest BCUT2D eigenvalue weighted by Gasteiger charge is -2.12. The second kappa shape index (κ2) is 5.01. The summed E-state index contributed by atoms with van der Waals surface area (Å²) in [5, 5.41) is 8.87. The highest BCUT2D eigenvalue weighted by Gasteiger charge is 2.22. The van der Waals surface area contributed by atoms with Crippen LogP contribution >= 0.6 is 0 Å². The van der Waals surface area contributed by atoms with E-state index in [0.29, 0.717) is 6.42 Å². The second-order valence-corrected chi connectivity index (χ2v) is 3.48. The van der Waals surface area contributed by atoms with Crippen LogP contribution in [0.3, 0.4) is 0 Å². The molecule has 1 aromatic carbocycles. The number of benzene rings is 1. The van der Waals surface area contributed by atoms with Crippen LogP contribution in [0.25, 0.3) is 0 Å². The van der Waals surface area contributed by atoms with Gasteiger partial charge in [-0.15, -0.1) is 0 Å². The van der Waals surface area contributed by atoms with Crippen LogP contribution in [0.2, 0.25) is 0 Å². The van der Waals surface area contributed by atoms with Gasteiger partial charge in [-0.05, 0) is 24.1 Å². The van der Waals surface area contributed by atoms with Crippen molar-refractivity contribution in [1.82, 2.24) is 0 Å². The molecule has 2 nitrogen and oxygen atoms in total. The van der Waals surface area contributed by atoms with E-state index in [2.05, 4.69) is 0 Å². The second-order valence-electron chi connectivity index (χ2n) is 3.48. The minimum atomic E-state index is -1.58. The van der Waals surface area contributed by atoms with Crippen molar-refractivity contribution >= 4 is 5.97 Å². The maximum Gasteiger partial charge on any atom is 0.310 e. The average molecular weight is 232 g/mol. The molecule has 0 amide bonds. The standard InChI is InChI=1S/C11H11F3O2/c1-2-3-7(11(15)16)6-4-8(12)10(14)9(13)5-6/h4-5,7H,2-3H2,1H3,(H,15,16). The predicted octanol–water partition coefficient (Wildman–Crippen LogP) is 3.07. The molecule has 0 heterocycles. The number of halogens is 3. The van der Waals surface area contributed by atoms with Crippen molar-refractivity contribution in [3.05, 3.63) is 35.1 Å². The fourth-order valence-corrected chi connectivity index (χ4v) is 1.50. The highest BCUT2D eigenvalue weighted by Crippen LogP contribution is 2.24. The van der Waals surface area contributed by atoms with Gasteiger partial charge in [-0.25, -0.2) is 13.2 Å². The third-order valence-corrected chi connectivity index (χ3v) is 2.28. The zero-order chi connectivity index (χ0) is 12.3. The van der Waals surface area contributed by atoms with Gasteiger partial charge in [0.25, 0.3) is 0 Å². The first-order valence-electron chi connectivity index (χ1n) is 4.84. The number of rotatable bonds is 4. The first kappa shape index (κ1) is 12.5. The van der Waals surface area contributed by atoms with Gasteiger partial charge in [-0.3, -0.25) is 4.79 Å². The first-order chi connectivity index (χ1) is 7.47. The van der Waals surface area contributed by atoms with Gasteiger partial charge in [0.05, 0.1) is 5.92 Å². The molecule has 88 valence electrons. The lowest BCUT2D eigenvalue weighted by Crippen LogP contribution is -2.12. The monoisotopic (exact) mass is 232 g/mol. The Morgan fingerprint density at radius 1 is 1.31 bits per heavy atom. The summed E-state index contributed by atoms with van der Waals surface area (Å²) in [5.41, 5.74) is -0.0502. The molecule has 0 aliphatic heterocycles. The SMILES string of the molecule is CCCC(C(=O)O)c1cc(F)c(F)c(F)c1. The summed E-state index contributed by atoms with van der Waals surface area (Å²) in [6, 6.07) is 1.46. The number of hydrogen-bond donors (Lipinski definition) is 1. The Labute approximate surface area is 90.7 Å². The van der Waals surface area contributed by atoms with E-state index in [1.54, 1.807) is 6.92 Å². The van der Waals surface area contributed by atoms with E-state index < -0.39 is 29.3 Å². The molecule has 1 rings (SSSR count). The van der Waals surface area contributed by atoms with Crippen molar-refractivity contribution in [1.29, 1.82) is 0 Å². The molecule has 0 aliphatic carbocycles. The van der Waals surface area contributed by atoms with Crippen molar-refractivity contribution in [2.24, 2.45) is 0 Å². The van der Waals surface area contributed by atoms with Gasteiger partial charge in [0.15, 0.2) is 17.5 Å². The topological polar surface area (TPSA) is 37.3 Å². The van der Waals surface area contributed by atoms with Crippen molar-refractivity contribution in [3.8, 4) is 0 Å². The van der Waals surface area contributed by atoms with Gasteiger partial charge in [0.1, 0.15) is 0 Å². The smallest absolute Gasteiger partial charge is 0.310 e. The van der Waals surface area contributed by atoms with Gasteiger partial charge < -0.3 is 5.11 Å². The predicted molar refractivity (Wildman–Crippen MR) is 51.6 cm³/mol. The molecule has 1 unspecified atom stereocenters. The average Bonchev–Trinajstić information content (AvgIpc) is 2.21. The minimum absolute atomic E-state index is 0.0502. The van der Waals surface area contributed by atoms with Gasteiger partial charge in [0, 0.05) is 0 Å². The number of carboxylic acids is 1. The molecule has 5 heteroatoms. The first-order valence-corrected chi connectivity index (χ1v) is 4.84. The number of carboxylic acid groups (broad SMARTS) is 1. The Balaban J connectivity index is 3.15. The Hall–Kier alpha value is -1.52. The van der Waals surface area contributed by atoms with Crippen LogP contribution in [0, 0.1) is 17.5 Å². The van der Waals surface area contributed by atoms with E-state index in [0.717, 1.165) is 12.1 Å². The molecule has 0 radical (unpaired) electrons. The largest absolute Gasteiger partial charge is 0.481 e. The van der Waals surface area contributed by atoms with Crippen molar-refractivity contribution in [2.75, 3.05) is 0 Å². The van der Waals surface area contributed by atoms with Crippen LogP contribution in [0.5, 0.6) is 0 Å². The number of aliphatic carboxylic acids is 1. The van der Waals surface area contributed by atoms with Gasteiger partial charge in [-0.1, -0.05) is 13.3 Å². The summed E-state index contributed by atoms with van der Waals surface area (Å²) in [6.45, 7) is 1.76. The number of carbonyl (C=O) groups is 1. The molecule has 1 aromatic rings. The maximum absolute atomic E-state index is 12.9. The fraction of sp³-hybridized carbons (Fsp3) is 0.364. The summed E-state index contributed by atoms with van der Waals surface area (Å²) in [7, 11) is 0. The molecule has 0 aliphatic rings. The summed E-state index contributed by atoms with van der Waals surface area (Å²) in [5.74, 6) is -6.49. The zero-order valence-corrected chi connectivity index (χ0v) is 8.64. The highest BCUT2D eigenvalue weighted by atomic mass is 19.2. The minimum Gasteiger partial charge on any atom is -0.481 e. The van der Waals surface area contributed by atoms with E-state index >= 15 is 0 Å². The van der Waals surface area contributed by atoms with E-state index in [1.807, 2.05) is 0 Å².